The zero-order valence-electron chi connectivity index (χ0n) is 11.3. The summed E-state index contributed by atoms with van der Waals surface area (Å²) in [6.45, 7) is 3.75. The second-order valence-corrected chi connectivity index (χ2v) is 5.07. The van der Waals surface area contributed by atoms with E-state index in [1.807, 2.05) is 13.8 Å². The van der Waals surface area contributed by atoms with Crippen molar-refractivity contribution < 1.29 is 13.6 Å². The number of hydrogen-bond donors (Lipinski definition) is 1. The lowest BCUT2D eigenvalue weighted by atomic mass is 10.2. The van der Waals surface area contributed by atoms with Crippen molar-refractivity contribution in [1.29, 1.82) is 0 Å². The van der Waals surface area contributed by atoms with Crippen LogP contribution < -0.4 is 5.32 Å². The number of halogens is 3. The minimum Gasteiger partial charge on any atom is -0.320 e. The van der Waals surface area contributed by atoms with Gasteiger partial charge in [0.25, 0.3) is 5.91 Å². The van der Waals surface area contributed by atoms with E-state index in [0.29, 0.717) is 5.82 Å². The van der Waals surface area contributed by atoms with Gasteiger partial charge in [0, 0.05) is 17.7 Å². The number of aromatic nitrogens is 2. The molecule has 0 aliphatic rings. The Kier molecular flexibility index (Phi) is 4.47. The maximum atomic E-state index is 13.1. The van der Waals surface area contributed by atoms with Crippen LogP contribution in [0.5, 0.6) is 0 Å². The Hall–Kier alpha value is -2.08. The summed E-state index contributed by atoms with van der Waals surface area (Å²) < 4.78 is 25.9. The van der Waals surface area contributed by atoms with Crippen LogP contribution in [0.1, 0.15) is 36.1 Å². The molecular formula is C14H12ClF2N3O. The molecular weight excluding hydrogens is 300 g/mol. The molecule has 1 aromatic heterocycles. The minimum atomic E-state index is -1.05. The van der Waals surface area contributed by atoms with Crippen LogP contribution in [-0.2, 0) is 0 Å². The quantitative estimate of drug-likeness (QED) is 0.938. The average molecular weight is 312 g/mol. The monoisotopic (exact) mass is 311 g/mol. The highest BCUT2D eigenvalue weighted by Gasteiger charge is 2.16. The number of rotatable bonds is 3. The van der Waals surface area contributed by atoms with Gasteiger partial charge >= 0.3 is 0 Å². The Bertz CT molecular complexity index is 692. The Balaban J connectivity index is 2.27. The third-order valence-corrected chi connectivity index (χ3v) is 2.95. The first-order valence-electron chi connectivity index (χ1n) is 6.17. The molecule has 21 heavy (non-hydrogen) atoms. The summed E-state index contributed by atoms with van der Waals surface area (Å²) in [5, 5.41) is 2.50. The van der Waals surface area contributed by atoms with Crippen LogP contribution >= 0.6 is 11.6 Å². The summed E-state index contributed by atoms with van der Waals surface area (Å²) >= 11 is 5.90. The van der Waals surface area contributed by atoms with Gasteiger partial charge < -0.3 is 5.32 Å². The maximum Gasteiger partial charge on any atom is 0.275 e. The fourth-order valence-corrected chi connectivity index (χ4v) is 1.76. The molecule has 1 amide bonds. The number of nitrogens with zero attached hydrogens (tertiary/aromatic N) is 2. The molecule has 0 aliphatic heterocycles. The molecule has 2 rings (SSSR count). The van der Waals surface area contributed by atoms with E-state index >= 15 is 0 Å². The zero-order valence-corrected chi connectivity index (χ0v) is 12.1. The van der Waals surface area contributed by atoms with Crippen LogP contribution in [0.25, 0.3) is 0 Å². The van der Waals surface area contributed by atoms with Crippen molar-refractivity contribution in [3.05, 3.63) is 52.6 Å². The summed E-state index contributed by atoms with van der Waals surface area (Å²) in [4.78, 5) is 20.2. The summed E-state index contributed by atoms with van der Waals surface area (Å²) in [7, 11) is 0. The van der Waals surface area contributed by atoms with Crippen molar-refractivity contribution >= 4 is 23.2 Å². The third-order valence-electron chi connectivity index (χ3n) is 2.67. The largest absolute Gasteiger partial charge is 0.320 e. The molecule has 1 aromatic carbocycles. The number of benzene rings is 1. The lowest BCUT2D eigenvalue weighted by molar-refractivity contribution is 0.102. The van der Waals surface area contributed by atoms with Crippen molar-refractivity contribution in [1.82, 2.24) is 9.97 Å². The molecule has 7 heteroatoms. The second kappa shape index (κ2) is 6.13. The van der Waals surface area contributed by atoms with Crippen LogP contribution in [0.4, 0.5) is 14.5 Å². The molecule has 0 unspecified atom stereocenters. The summed E-state index contributed by atoms with van der Waals surface area (Å²) in [6.07, 6.45) is 1.34. The maximum absolute atomic E-state index is 13.1. The molecule has 0 fully saturated rings. The minimum absolute atomic E-state index is 0.0138. The second-order valence-electron chi connectivity index (χ2n) is 4.66. The number of hydrogen-bond acceptors (Lipinski definition) is 3. The van der Waals surface area contributed by atoms with Gasteiger partial charge in [-0.2, -0.15) is 0 Å². The van der Waals surface area contributed by atoms with E-state index in [0.717, 1.165) is 12.1 Å². The molecule has 0 aliphatic carbocycles. The molecule has 0 atom stereocenters. The van der Waals surface area contributed by atoms with Crippen molar-refractivity contribution in [3.8, 4) is 0 Å². The lowest BCUT2D eigenvalue weighted by Gasteiger charge is -2.09. The number of carbonyl (C=O) groups excluding carboxylic acids is 1. The van der Waals surface area contributed by atoms with Gasteiger partial charge in [0.1, 0.15) is 5.82 Å². The van der Waals surface area contributed by atoms with Gasteiger partial charge in [-0.1, -0.05) is 25.4 Å². The zero-order chi connectivity index (χ0) is 15.6. The van der Waals surface area contributed by atoms with E-state index in [1.54, 1.807) is 0 Å². The highest BCUT2D eigenvalue weighted by Crippen LogP contribution is 2.19. The fraction of sp³-hybridized carbons (Fsp3) is 0.214. The van der Waals surface area contributed by atoms with E-state index in [4.69, 9.17) is 11.6 Å². The molecule has 4 nitrogen and oxygen atoms in total. The van der Waals surface area contributed by atoms with Crippen molar-refractivity contribution in [3.63, 3.8) is 0 Å². The van der Waals surface area contributed by atoms with Gasteiger partial charge in [0.2, 0.25) is 0 Å². The highest BCUT2D eigenvalue weighted by atomic mass is 35.5. The first-order chi connectivity index (χ1) is 9.88. The topological polar surface area (TPSA) is 54.9 Å². The van der Waals surface area contributed by atoms with E-state index < -0.39 is 17.5 Å². The molecule has 2 aromatic rings. The van der Waals surface area contributed by atoms with Crippen LogP contribution in [0, 0.1) is 11.6 Å². The Labute approximate surface area is 125 Å². The third kappa shape index (κ3) is 3.52. The van der Waals surface area contributed by atoms with E-state index in [1.165, 1.54) is 12.3 Å². The molecule has 0 bridgehead atoms. The van der Waals surface area contributed by atoms with E-state index in [-0.39, 0.29) is 22.3 Å². The number of amides is 1. The van der Waals surface area contributed by atoms with Gasteiger partial charge in [-0.05, 0) is 12.1 Å². The fourth-order valence-electron chi connectivity index (χ4n) is 1.58. The van der Waals surface area contributed by atoms with Crippen molar-refractivity contribution in [2.24, 2.45) is 0 Å². The number of nitrogens with one attached hydrogen (secondary N) is 1. The molecule has 0 saturated heterocycles. The van der Waals surface area contributed by atoms with Gasteiger partial charge in [0.15, 0.2) is 17.3 Å². The Morgan fingerprint density at radius 2 is 2.00 bits per heavy atom. The first kappa shape index (κ1) is 15.3. The highest BCUT2D eigenvalue weighted by molar-refractivity contribution is 6.33. The summed E-state index contributed by atoms with van der Waals surface area (Å²) in [5.41, 5.74) is 0.0970. The van der Waals surface area contributed by atoms with Crippen LogP contribution in [0.3, 0.4) is 0 Å². The van der Waals surface area contributed by atoms with Crippen molar-refractivity contribution in [2.75, 3.05) is 5.32 Å². The Morgan fingerprint density at radius 3 is 2.62 bits per heavy atom. The molecule has 110 valence electrons. The van der Waals surface area contributed by atoms with Gasteiger partial charge in [-0.3, -0.25) is 4.79 Å². The van der Waals surface area contributed by atoms with Crippen LogP contribution in [-0.4, -0.2) is 15.9 Å². The van der Waals surface area contributed by atoms with Crippen LogP contribution in [0.15, 0.2) is 24.4 Å². The molecule has 0 radical (unpaired) electrons. The molecule has 1 N–H and O–H groups in total. The van der Waals surface area contributed by atoms with Crippen LogP contribution in [0.2, 0.25) is 5.02 Å². The molecule has 0 saturated carbocycles. The van der Waals surface area contributed by atoms with E-state index in [2.05, 4.69) is 15.3 Å². The van der Waals surface area contributed by atoms with E-state index in [9.17, 15) is 13.6 Å². The number of anilines is 1. The van der Waals surface area contributed by atoms with Gasteiger partial charge in [-0.15, -0.1) is 0 Å². The summed E-state index contributed by atoms with van der Waals surface area (Å²) in [6, 6.07) is 3.05. The predicted molar refractivity (Wildman–Crippen MR) is 75.4 cm³/mol. The normalized spacial score (nSPS) is 10.8. The van der Waals surface area contributed by atoms with Gasteiger partial charge in [0.05, 0.1) is 11.2 Å². The number of carbonyl (C=O) groups is 1. The average Bonchev–Trinajstić information content (AvgIpc) is 2.43. The predicted octanol–water partition coefficient (Wildman–Crippen LogP) is 3.78. The lowest BCUT2D eigenvalue weighted by Crippen LogP contribution is -2.16. The smallest absolute Gasteiger partial charge is 0.275 e. The standard InChI is InChI=1S/C14H12ClF2N3O/c1-7(2)13-18-6-9(15)12(20-13)14(21)19-8-3-4-10(16)11(17)5-8/h3-7H,1-2H3,(H,19,21). The SMILES string of the molecule is CC(C)c1ncc(Cl)c(C(=O)Nc2ccc(F)c(F)c2)n1. The molecule has 1 heterocycles. The first-order valence-corrected chi connectivity index (χ1v) is 6.55. The van der Waals surface area contributed by atoms with Crippen molar-refractivity contribution in [2.45, 2.75) is 19.8 Å². The molecule has 0 spiro atoms. The van der Waals surface area contributed by atoms with Gasteiger partial charge in [-0.25, -0.2) is 18.7 Å². The Morgan fingerprint density at radius 1 is 1.29 bits per heavy atom. The summed E-state index contributed by atoms with van der Waals surface area (Å²) in [5.74, 6) is -2.16.